The predicted octanol–water partition coefficient (Wildman–Crippen LogP) is 1.06. The van der Waals surface area contributed by atoms with Crippen LogP contribution in [0.1, 0.15) is 52.4 Å². The van der Waals surface area contributed by atoms with E-state index in [1.165, 1.54) is 5.38 Å². The molecule has 1 aromatic rings. The van der Waals surface area contributed by atoms with Crippen LogP contribution < -0.4 is 16.8 Å². The molecule has 1 fully saturated rings. The zero-order chi connectivity index (χ0) is 16.1. The number of hydrogen-bond donors (Lipinski definition) is 4. The maximum atomic E-state index is 12.1. The summed E-state index contributed by atoms with van der Waals surface area (Å²) in [7, 11) is 0. The van der Waals surface area contributed by atoms with Gasteiger partial charge in [0.2, 0.25) is 0 Å². The van der Waals surface area contributed by atoms with Crippen molar-refractivity contribution in [1.82, 2.24) is 10.3 Å². The number of nitrogens with zero attached hydrogens (tertiary/aromatic N) is 1. The molecule has 1 saturated carbocycles. The summed E-state index contributed by atoms with van der Waals surface area (Å²) < 4.78 is 0. The summed E-state index contributed by atoms with van der Waals surface area (Å²) in [4.78, 5) is 27.0. The van der Waals surface area contributed by atoms with Crippen molar-refractivity contribution < 1.29 is 9.59 Å². The van der Waals surface area contributed by atoms with Crippen LogP contribution in [0, 0.1) is 17.7 Å². The molecule has 0 bridgehead atoms. The van der Waals surface area contributed by atoms with Crippen molar-refractivity contribution in [3.05, 3.63) is 22.5 Å². The lowest BCUT2D eigenvalue weighted by molar-refractivity contribution is 0.0996. The highest BCUT2D eigenvalue weighted by Gasteiger charge is 2.23. The summed E-state index contributed by atoms with van der Waals surface area (Å²) in [6, 6.07) is 0.209. The van der Waals surface area contributed by atoms with E-state index in [2.05, 4.69) is 10.3 Å². The second-order valence-corrected chi connectivity index (χ2v) is 6.35. The van der Waals surface area contributed by atoms with Crippen LogP contribution >= 0.6 is 11.3 Å². The molecule has 0 spiro atoms. The van der Waals surface area contributed by atoms with E-state index >= 15 is 0 Å². The largest absolute Gasteiger partial charge is 0.370 e. The first-order chi connectivity index (χ1) is 10.5. The molecule has 0 aliphatic heterocycles. The molecule has 1 amide bonds. The van der Waals surface area contributed by atoms with E-state index in [0.29, 0.717) is 17.3 Å². The van der Waals surface area contributed by atoms with Crippen LogP contribution in [0.2, 0.25) is 0 Å². The van der Waals surface area contributed by atoms with E-state index in [-0.39, 0.29) is 23.5 Å². The van der Waals surface area contributed by atoms with Crippen molar-refractivity contribution >= 4 is 29.0 Å². The number of ketones is 1. The molecule has 2 unspecified atom stereocenters. The maximum absolute atomic E-state index is 12.1. The van der Waals surface area contributed by atoms with Crippen molar-refractivity contribution in [1.29, 1.82) is 5.41 Å². The Balaban J connectivity index is 1.82. The molecule has 119 valence electrons. The van der Waals surface area contributed by atoms with Gasteiger partial charge in [-0.25, -0.2) is 4.98 Å². The fraction of sp³-hybridized carbons (Fsp3) is 0.500. The normalized spacial score (nSPS) is 21.3. The monoisotopic (exact) mass is 322 g/mol. The van der Waals surface area contributed by atoms with Gasteiger partial charge in [0, 0.05) is 17.8 Å². The lowest BCUT2D eigenvalue weighted by Crippen LogP contribution is -2.41. The first-order valence-corrected chi connectivity index (χ1v) is 8.07. The van der Waals surface area contributed by atoms with Gasteiger partial charge in [-0.3, -0.25) is 15.0 Å². The van der Waals surface area contributed by atoms with Gasteiger partial charge in [0.15, 0.2) is 16.8 Å². The number of guanidine groups is 1. The van der Waals surface area contributed by atoms with Crippen LogP contribution in [0.5, 0.6) is 0 Å². The maximum Gasteiger partial charge on any atom is 0.268 e. The fourth-order valence-electron chi connectivity index (χ4n) is 2.72. The Hall–Kier alpha value is -1.96. The number of hydrogen-bond acceptors (Lipinski definition) is 5. The van der Waals surface area contributed by atoms with Crippen molar-refractivity contribution in [2.75, 3.05) is 0 Å². The molecule has 1 radical (unpaired) electrons. The zero-order valence-corrected chi connectivity index (χ0v) is 13.0. The Morgan fingerprint density at radius 2 is 2.23 bits per heavy atom. The summed E-state index contributed by atoms with van der Waals surface area (Å²) in [6.07, 6.45) is 6.31. The molecule has 1 aliphatic carbocycles. The van der Waals surface area contributed by atoms with Crippen molar-refractivity contribution in [3.63, 3.8) is 0 Å². The van der Waals surface area contributed by atoms with Crippen molar-refractivity contribution in [3.8, 4) is 0 Å². The van der Waals surface area contributed by atoms with Gasteiger partial charge in [-0.05, 0) is 25.2 Å². The van der Waals surface area contributed by atoms with E-state index in [9.17, 15) is 9.59 Å². The number of rotatable bonds is 6. The molecule has 1 aliphatic rings. The van der Waals surface area contributed by atoms with Crippen LogP contribution in [0.15, 0.2) is 5.38 Å². The number of Topliss-reactive ketones (excluding diaryl/α,β-unsaturated/α-hetero) is 1. The summed E-state index contributed by atoms with van der Waals surface area (Å²) in [5, 5.41) is 12.0. The van der Waals surface area contributed by atoms with Gasteiger partial charge in [0.1, 0.15) is 5.69 Å². The second kappa shape index (κ2) is 7.35. The van der Waals surface area contributed by atoms with E-state index in [1.807, 2.05) is 0 Å². The predicted molar refractivity (Wildman–Crippen MR) is 84.7 cm³/mol. The van der Waals surface area contributed by atoms with Gasteiger partial charge in [-0.15, -0.1) is 11.3 Å². The molecule has 7 nitrogen and oxygen atoms in total. The number of carbonyl (C=O) groups excluding carboxylic acids is 2. The quantitative estimate of drug-likeness (QED) is 0.353. The Morgan fingerprint density at radius 1 is 1.45 bits per heavy atom. The topological polar surface area (TPSA) is 135 Å². The average Bonchev–Trinajstić information content (AvgIpc) is 2.94. The highest BCUT2D eigenvalue weighted by Crippen LogP contribution is 2.28. The summed E-state index contributed by atoms with van der Waals surface area (Å²) in [6.45, 7) is 0. The first kappa shape index (κ1) is 16.4. The van der Waals surface area contributed by atoms with Crippen molar-refractivity contribution in [2.24, 2.45) is 17.4 Å². The Labute approximate surface area is 133 Å². The molecule has 2 atom stereocenters. The molecule has 1 aromatic heterocycles. The van der Waals surface area contributed by atoms with E-state index in [1.54, 1.807) is 6.42 Å². The molecule has 22 heavy (non-hydrogen) atoms. The number of aromatic nitrogens is 1. The molecule has 2 rings (SSSR count). The molecule has 0 aromatic carbocycles. The van der Waals surface area contributed by atoms with Gasteiger partial charge in [-0.2, -0.15) is 0 Å². The lowest BCUT2D eigenvalue weighted by atomic mass is 9.82. The van der Waals surface area contributed by atoms with E-state index < -0.39 is 5.91 Å². The highest BCUT2D eigenvalue weighted by atomic mass is 32.1. The molecule has 0 saturated heterocycles. The molecular weight excluding hydrogens is 302 g/mol. The number of thiazole rings is 1. The van der Waals surface area contributed by atoms with Gasteiger partial charge in [0.25, 0.3) is 5.91 Å². The molecule has 8 heteroatoms. The van der Waals surface area contributed by atoms with Gasteiger partial charge in [0.05, 0.1) is 0 Å². The number of nitrogens with two attached hydrogens (primary N) is 2. The third-order valence-electron chi connectivity index (χ3n) is 3.75. The Morgan fingerprint density at radius 3 is 2.86 bits per heavy atom. The van der Waals surface area contributed by atoms with Gasteiger partial charge in [-0.1, -0.05) is 12.8 Å². The zero-order valence-electron chi connectivity index (χ0n) is 12.2. The van der Waals surface area contributed by atoms with Crippen LogP contribution in [0.25, 0.3) is 0 Å². The molecule has 6 N–H and O–H groups in total. The average molecular weight is 322 g/mol. The minimum absolute atomic E-state index is 0.00697. The number of amides is 1. The van der Waals surface area contributed by atoms with Gasteiger partial charge >= 0.3 is 0 Å². The smallest absolute Gasteiger partial charge is 0.268 e. The lowest BCUT2D eigenvalue weighted by Gasteiger charge is -2.29. The van der Waals surface area contributed by atoms with Gasteiger partial charge < -0.3 is 16.8 Å². The summed E-state index contributed by atoms with van der Waals surface area (Å²) >= 11 is 1.13. The summed E-state index contributed by atoms with van der Waals surface area (Å²) in [5.41, 5.74) is 10.6. The minimum atomic E-state index is -0.624. The first-order valence-electron chi connectivity index (χ1n) is 7.19. The minimum Gasteiger partial charge on any atom is -0.370 e. The summed E-state index contributed by atoms with van der Waals surface area (Å²) in [5.74, 6) is -0.405. The standard InChI is InChI=1S/C14H20N5O2S/c15-12(21)10-7-22-13(19-10)11(20)5-4-8-2-1-3-9(6-8)18-14(16)17/h5,7-9H,1-4,6H2,(H2,15,21)(H4,16,17,18). The van der Waals surface area contributed by atoms with Crippen LogP contribution in [-0.4, -0.2) is 28.7 Å². The van der Waals surface area contributed by atoms with Crippen molar-refractivity contribution in [2.45, 2.75) is 38.1 Å². The Kier molecular flexibility index (Phi) is 5.48. The van der Waals surface area contributed by atoms with E-state index in [0.717, 1.165) is 37.0 Å². The molecule has 1 heterocycles. The fourth-order valence-corrected chi connectivity index (χ4v) is 3.46. The third kappa shape index (κ3) is 4.52. The number of carbonyl (C=O) groups is 2. The number of nitrogens with one attached hydrogen (secondary N) is 2. The Bertz CT molecular complexity index is 571. The number of primary amides is 1. The van der Waals surface area contributed by atoms with Crippen LogP contribution in [-0.2, 0) is 0 Å². The highest BCUT2D eigenvalue weighted by molar-refractivity contribution is 7.12. The second-order valence-electron chi connectivity index (χ2n) is 5.49. The van der Waals surface area contributed by atoms with Crippen LogP contribution in [0.3, 0.4) is 0 Å². The molecular formula is C14H20N5O2S. The third-order valence-corrected chi connectivity index (χ3v) is 4.60. The SMILES string of the molecule is N=C(N)NC1CCCC(C[CH]C(=O)c2nc(C(N)=O)cs2)C1. The van der Waals surface area contributed by atoms with E-state index in [4.69, 9.17) is 16.9 Å². The van der Waals surface area contributed by atoms with Crippen LogP contribution in [0.4, 0.5) is 0 Å².